The van der Waals surface area contributed by atoms with Crippen LogP contribution in [0.25, 0.3) is 0 Å². The maximum absolute atomic E-state index is 11.4. The van der Waals surface area contributed by atoms with E-state index in [0.29, 0.717) is 15.6 Å². The number of hydrogen-bond acceptors (Lipinski definition) is 4. The van der Waals surface area contributed by atoms with Crippen LogP contribution in [0.1, 0.15) is 5.56 Å². The Morgan fingerprint density at radius 2 is 2.17 bits per heavy atom. The molecule has 0 atom stereocenters. The van der Waals surface area contributed by atoms with E-state index in [2.05, 4.69) is 15.3 Å². The molecule has 0 aliphatic carbocycles. The molecule has 0 aliphatic rings. The standard InChI is InChI=1S/C10H6Cl2N4OS/c11-7-2-1-6(3-8(7)12)4-14-16-9(17)5-13-15-10(16)18/h1-5H,(H,15,18)/b14-4-. The Labute approximate surface area is 117 Å². The lowest BCUT2D eigenvalue weighted by Gasteiger charge is -1.98. The van der Waals surface area contributed by atoms with E-state index in [9.17, 15) is 4.79 Å². The molecule has 1 N–H and O–H groups in total. The Balaban J connectivity index is 2.39. The van der Waals surface area contributed by atoms with Crippen LogP contribution in [-0.4, -0.2) is 21.1 Å². The number of nitrogens with one attached hydrogen (secondary N) is 1. The number of nitrogens with zero attached hydrogens (tertiary/aromatic N) is 3. The quantitative estimate of drug-likeness (QED) is 0.684. The lowest BCUT2D eigenvalue weighted by atomic mass is 10.2. The zero-order chi connectivity index (χ0) is 13.1. The summed E-state index contributed by atoms with van der Waals surface area (Å²) >= 11 is 16.5. The number of aromatic nitrogens is 3. The fourth-order valence-corrected chi connectivity index (χ4v) is 1.67. The van der Waals surface area contributed by atoms with Crippen LogP contribution in [0.5, 0.6) is 0 Å². The maximum Gasteiger partial charge on any atom is 0.293 e. The second kappa shape index (κ2) is 5.43. The monoisotopic (exact) mass is 300 g/mol. The van der Waals surface area contributed by atoms with Crippen LogP contribution < -0.4 is 5.56 Å². The summed E-state index contributed by atoms with van der Waals surface area (Å²) in [5.74, 6) is 0. The zero-order valence-corrected chi connectivity index (χ0v) is 11.1. The van der Waals surface area contributed by atoms with E-state index in [1.807, 2.05) is 0 Å². The van der Waals surface area contributed by atoms with Gasteiger partial charge in [0.05, 0.1) is 16.3 Å². The van der Waals surface area contributed by atoms with E-state index in [4.69, 9.17) is 35.4 Å². The predicted molar refractivity (Wildman–Crippen MR) is 73.1 cm³/mol. The molecule has 0 saturated carbocycles. The van der Waals surface area contributed by atoms with Gasteiger partial charge in [-0.3, -0.25) is 9.89 Å². The first-order valence-electron chi connectivity index (χ1n) is 4.74. The molecule has 5 nitrogen and oxygen atoms in total. The van der Waals surface area contributed by atoms with Crippen molar-refractivity contribution in [3.8, 4) is 0 Å². The van der Waals surface area contributed by atoms with Gasteiger partial charge in [0, 0.05) is 0 Å². The molecule has 8 heteroatoms. The highest BCUT2D eigenvalue weighted by atomic mass is 35.5. The second-order valence-corrected chi connectivity index (χ2v) is 4.44. The minimum absolute atomic E-state index is 0.110. The number of aromatic amines is 1. The highest BCUT2D eigenvalue weighted by Gasteiger charge is 1.98. The van der Waals surface area contributed by atoms with E-state index in [1.165, 1.54) is 6.21 Å². The molecule has 1 heterocycles. The Hall–Kier alpha value is -1.50. The van der Waals surface area contributed by atoms with Gasteiger partial charge in [-0.25, -0.2) is 0 Å². The summed E-state index contributed by atoms with van der Waals surface area (Å²) in [6.07, 6.45) is 2.54. The van der Waals surface area contributed by atoms with Crippen molar-refractivity contribution < 1.29 is 0 Å². The molecule has 92 valence electrons. The first kappa shape index (κ1) is 12.9. The van der Waals surface area contributed by atoms with Crippen molar-refractivity contribution in [2.75, 3.05) is 0 Å². The Morgan fingerprint density at radius 3 is 2.83 bits per heavy atom. The van der Waals surface area contributed by atoms with Crippen LogP contribution in [0, 0.1) is 4.77 Å². The van der Waals surface area contributed by atoms with Gasteiger partial charge >= 0.3 is 0 Å². The van der Waals surface area contributed by atoms with Gasteiger partial charge in [-0.05, 0) is 29.9 Å². The molecule has 2 aromatic rings. The molecule has 0 bridgehead atoms. The van der Waals surface area contributed by atoms with Gasteiger partial charge in [-0.1, -0.05) is 29.3 Å². The number of halogens is 2. The average Bonchev–Trinajstić information content (AvgIpc) is 2.33. The molecule has 18 heavy (non-hydrogen) atoms. The number of H-pyrrole nitrogens is 1. The predicted octanol–water partition coefficient (Wildman–Crippen LogP) is 2.49. The molecule has 0 aliphatic heterocycles. The summed E-state index contributed by atoms with van der Waals surface area (Å²) in [6, 6.07) is 4.99. The van der Waals surface area contributed by atoms with E-state index < -0.39 is 5.56 Å². The normalized spacial score (nSPS) is 11.0. The minimum atomic E-state index is -0.421. The molecular formula is C10H6Cl2N4OS. The van der Waals surface area contributed by atoms with Gasteiger partial charge in [0.25, 0.3) is 5.56 Å². The van der Waals surface area contributed by atoms with Gasteiger partial charge in [-0.2, -0.15) is 14.9 Å². The molecule has 0 saturated heterocycles. The van der Waals surface area contributed by atoms with Crippen molar-refractivity contribution in [3.63, 3.8) is 0 Å². The Bertz CT molecular complexity index is 694. The molecule has 0 amide bonds. The van der Waals surface area contributed by atoms with Crippen molar-refractivity contribution in [1.82, 2.24) is 14.9 Å². The topological polar surface area (TPSA) is 63.0 Å². The van der Waals surface area contributed by atoms with Crippen LogP contribution in [0.2, 0.25) is 10.0 Å². The highest BCUT2D eigenvalue weighted by molar-refractivity contribution is 7.71. The van der Waals surface area contributed by atoms with Gasteiger partial charge in [-0.15, -0.1) is 0 Å². The molecule has 2 rings (SSSR count). The van der Waals surface area contributed by atoms with Gasteiger partial charge in [0.1, 0.15) is 6.20 Å². The first-order valence-corrected chi connectivity index (χ1v) is 5.90. The third kappa shape index (κ3) is 2.84. The van der Waals surface area contributed by atoms with E-state index in [1.54, 1.807) is 18.2 Å². The SMILES string of the molecule is O=c1cn[nH]c(=S)n1/N=C\c1ccc(Cl)c(Cl)c1. The van der Waals surface area contributed by atoms with Crippen LogP contribution in [0.15, 0.2) is 34.3 Å². The van der Waals surface area contributed by atoms with Crippen LogP contribution in [-0.2, 0) is 0 Å². The zero-order valence-electron chi connectivity index (χ0n) is 8.80. The molecular weight excluding hydrogens is 295 g/mol. The lowest BCUT2D eigenvalue weighted by molar-refractivity contribution is 0.738. The molecule has 0 unspecified atom stereocenters. The van der Waals surface area contributed by atoms with Gasteiger partial charge < -0.3 is 0 Å². The third-order valence-corrected chi connectivity index (χ3v) is 3.01. The van der Waals surface area contributed by atoms with Crippen LogP contribution in [0.3, 0.4) is 0 Å². The molecule has 1 aromatic heterocycles. The first-order chi connectivity index (χ1) is 8.58. The summed E-state index contributed by atoms with van der Waals surface area (Å²) < 4.78 is 1.13. The van der Waals surface area contributed by atoms with Crippen molar-refractivity contribution >= 4 is 41.6 Å². The van der Waals surface area contributed by atoms with Crippen LogP contribution in [0.4, 0.5) is 0 Å². The summed E-state index contributed by atoms with van der Waals surface area (Å²) in [5.41, 5.74) is 0.276. The summed E-state index contributed by atoms with van der Waals surface area (Å²) in [5, 5.41) is 10.8. The summed E-state index contributed by atoms with van der Waals surface area (Å²) in [4.78, 5) is 11.4. The van der Waals surface area contributed by atoms with Crippen molar-refractivity contribution in [2.24, 2.45) is 5.10 Å². The lowest BCUT2D eigenvalue weighted by Crippen LogP contribution is -2.18. The number of rotatable bonds is 2. The largest absolute Gasteiger partial charge is 0.293 e. The smallest absolute Gasteiger partial charge is 0.265 e. The van der Waals surface area contributed by atoms with Gasteiger partial charge in [0.15, 0.2) is 0 Å². The van der Waals surface area contributed by atoms with Crippen LogP contribution >= 0.6 is 35.4 Å². The molecule has 0 fully saturated rings. The maximum atomic E-state index is 11.4. The summed E-state index contributed by atoms with van der Waals surface area (Å²) in [6.45, 7) is 0. The van der Waals surface area contributed by atoms with E-state index in [-0.39, 0.29) is 4.77 Å². The van der Waals surface area contributed by atoms with E-state index >= 15 is 0 Å². The minimum Gasteiger partial charge on any atom is -0.265 e. The molecule has 0 radical (unpaired) electrons. The number of benzene rings is 1. The average molecular weight is 301 g/mol. The molecule has 0 spiro atoms. The van der Waals surface area contributed by atoms with Crippen molar-refractivity contribution in [3.05, 3.63) is 55.1 Å². The summed E-state index contributed by atoms with van der Waals surface area (Å²) in [7, 11) is 0. The highest BCUT2D eigenvalue weighted by Crippen LogP contribution is 2.21. The third-order valence-electron chi connectivity index (χ3n) is 2.00. The number of hydrogen-bond donors (Lipinski definition) is 1. The second-order valence-electron chi connectivity index (χ2n) is 3.24. The fraction of sp³-hybridized carbons (Fsp3) is 0. The molecule has 1 aromatic carbocycles. The van der Waals surface area contributed by atoms with Crippen molar-refractivity contribution in [1.29, 1.82) is 0 Å². The Morgan fingerprint density at radius 1 is 1.39 bits per heavy atom. The fourth-order valence-electron chi connectivity index (χ4n) is 1.17. The van der Waals surface area contributed by atoms with Gasteiger partial charge in [0.2, 0.25) is 4.77 Å². The Kier molecular flexibility index (Phi) is 3.90. The van der Waals surface area contributed by atoms with Crippen molar-refractivity contribution in [2.45, 2.75) is 0 Å². The van der Waals surface area contributed by atoms with E-state index in [0.717, 1.165) is 10.9 Å².